The van der Waals surface area contributed by atoms with Crippen LogP contribution in [0.5, 0.6) is 0 Å². The highest BCUT2D eigenvalue weighted by Crippen LogP contribution is 2.27. The summed E-state index contributed by atoms with van der Waals surface area (Å²) < 4.78 is 4.27. The van der Waals surface area contributed by atoms with Gasteiger partial charge in [-0.05, 0) is 20.3 Å². The van der Waals surface area contributed by atoms with Gasteiger partial charge in [0.1, 0.15) is 6.04 Å². The number of carbonyl (C=O) groups excluding carboxylic acids is 1. The van der Waals surface area contributed by atoms with Crippen LogP contribution in [0.1, 0.15) is 33.6 Å². The maximum absolute atomic E-state index is 11.3. The van der Waals surface area contributed by atoms with Crippen LogP contribution in [0.25, 0.3) is 0 Å². The second-order valence-electron chi connectivity index (χ2n) is 4.28. The Labute approximate surface area is 106 Å². The molecule has 0 fully saturated rings. The number of ether oxygens (including phenoxy) is 1. The van der Waals surface area contributed by atoms with Gasteiger partial charge in [-0.25, -0.2) is 0 Å². The van der Waals surface area contributed by atoms with E-state index in [1.165, 1.54) is 11.8 Å². The molecule has 0 unspecified atom stereocenters. The van der Waals surface area contributed by atoms with Crippen LogP contribution in [-0.4, -0.2) is 40.2 Å². The average Bonchev–Trinajstić information content (AvgIpc) is 2.25. The topological polar surface area (TPSA) is 89.6 Å². The van der Waals surface area contributed by atoms with Gasteiger partial charge in [0.2, 0.25) is 0 Å². The molecule has 0 saturated carbocycles. The van der Waals surface area contributed by atoms with Gasteiger partial charge < -0.3 is 15.6 Å². The molecule has 0 amide bonds. The molecule has 0 aromatic rings. The fourth-order valence-electron chi connectivity index (χ4n) is 1.00. The van der Waals surface area contributed by atoms with Crippen LogP contribution in [0.3, 0.4) is 0 Å². The lowest BCUT2D eigenvalue weighted by atomic mass is 10.1. The zero-order valence-electron chi connectivity index (χ0n) is 10.6. The van der Waals surface area contributed by atoms with Gasteiger partial charge in [0.25, 0.3) is 0 Å². The van der Waals surface area contributed by atoms with Crippen LogP contribution in [0, 0.1) is 0 Å². The number of nitrogens with two attached hydrogens (primary N) is 1. The molecule has 0 aromatic heterocycles. The number of rotatable bonds is 8. The fourth-order valence-corrected chi connectivity index (χ4v) is 1.86. The Morgan fingerprint density at radius 2 is 2.06 bits per heavy atom. The Hall–Kier alpha value is -0.750. The maximum Gasteiger partial charge on any atom is 0.321 e. The lowest BCUT2D eigenvalue weighted by Crippen LogP contribution is -2.47. The second-order valence-corrected chi connectivity index (χ2v) is 5.91. The largest absolute Gasteiger partial charge is 0.480 e. The van der Waals surface area contributed by atoms with Crippen molar-refractivity contribution in [3.63, 3.8) is 0 Å². The molecule has 0 heterocycles. The van der Waals surface area contributed by atoms with Crippen LogP contribution in [-0.2, 0) is 14.3 Å². The standard InChI is InChI=1S/C11H21NO4S/c1-4-5-6-16-8(13)7-17-11(2,3)9(12)10(14)15/h9H,4-7,12H2,1-3H3,(H,14,15)/t9-/m1/s1. The number of aliphatic carboxylic acids is 1. The van der Waals surface area contributed by atoms with Crippen molar-refractivity contribution in [1.29, 1.82) is 0 Å². The summed E-state index contributed by atoms with van der Waals surface area (Å²) in [7, 11) is 0. The third-order valence-corrected chi connectivity index (χ3v) is 3.72. The molecule has 0 aromatic carbocycles. The van der Waals surface area contributed by atoms with E-state index in [1.54, 1.807) is 13.8 Å². The van der Waals surface area contributed by atoms with E-state index < -0.39 is 16.8 Å². The summed E-state index contributed by atoms with van der Waals surface area (Å²) in [5.74, 6) is -1.27. The molecule has 0 saturated heterocycles. The lowest BCUT2D eigenvalue weighted by Gasteiger charge is -2.27. The highest BCUT2D eigenvalue weighted by Gasteiger charge is 2.33. The van der Waals surface area contributed by atoms with E-state index in [-0.39, 0.29) is 11.7 Å². The summed E-state index contributed by atoms with van der Waals surface area (Å²) in [5.41, 5.74) is 5.53. The van der Waals surface area contributed by atoms with Gasteiger partial charge in [-0.3, -0.25) is 9.59 Å². The van der Waals surface area contributed by atoms with Crippen molar-refractivity contribution in [2.75, 3.05) is 12.4 Å². The first-order valence-electron chi connectivity index (χ1n) is 5.59. The predicted molar refractivity (Wildman–Crippen MR) is 68.0 cm³/mol. The number of carbonyl (C=O) groups is 2. The van der Waals surface area contributed by atoms with E-state index in [1.807, 2.05) is 6.92 Å². The van der Waals surface area contributed by atoms with Crippen LogP contribution < -0.4 is 5.73 Å². The Bertz CT molecular complexity index is 268. The molecule has 0 bridgehead atoms. The first-order valence-corrected chi connectivity index (χ1v) is 6.57. The van der Waals surface area contributed by atoms with Crippen LogP contribution in [0.4, 0.5) is 0 Å². The van der Waals surface area contributed by atoms with E-state index in [4.69, 9.17) is 15.6 Å². The minimum atomic E-state index is -1.07. The van der Waals surface area contributed by atoms with Gasteiger partial charge >= 0.3 is 11.9 Å². The summed E-state index contributed by atoms with van der Waals surface area (Å²) in [5, 5.41) is 8.80. The summed E-state index contributed by atoms with van der Waals surface area (Å²) in [6.45, 7) is 5.84. The van der Waals surface area contributed by atoms with Gasteiger partial charge in [0.05, 0.1) is 12.4 Å². The average molecular weight is 263 g/mol. The smallest absolute Gasteiger partial charge is 0.321 e. The van der Waals surface area contributed by atoms with Crippen LogP contribution >= 0.6 is 11.8 Å². The van der Waals surface area contributed by atoms with Gasteiger partial charge in [-0.1, -0.05) is 13.3 Å². The lowest BCUT2D eigenvalue weighted by molar-refractivity contribution is -0.141. The van der Waals surface area contributed by atoms with Crippen LogP contribution in [0.2, 0.25) is 0 Å². The number of esters is 1. The van der Waals surface area contributed by atoms with Crippen LogP contribution in [0.15, 0.2) is 0 Å². The maximum atomic E-state index is 11.3. The van der Waals surface area contributed by atoms with E-state index in [2.05, 4.69) is 0 Å². The molecular weight excluding hydrogens is 242 g/mol. The summed E-state index contributed by atoms with van der Waals surface area (Å²) in [6.07, 6.45) is 1.81. The Morgan fingerprint density at radius 1 is 1.47 bits per heavy atom. The molecule has 0 aliphatic heterocycles. The molecule has 0 spiro atoms. The first-order chi connectivity index (χ1) is 7.81. The van der Waals surface area contributed by atoms with Crippen molar-refractivity contribution in [3.8, 4) is 0 Å². The number of unbranched alkanes of at least 4 members (excludes halogenated alkanes) is 1. The Kier molecular flexibility index (Phi) is 7.22. The number of hydrogen-bond donors (Lipinski definition) is 2. The zero-order valence-corrected chi connectivity index (χ0v) is 11.4. The molecule has 0 aliphatic rings. The number of carboxylic acids is 1. The molecule has 5 nitrogen and oxygen atoms in total. The quantitative estimate of drug-likeness (QED) is 0.506. The van der Waals surface area contributed by atoms with Crippen molar-refractivity contribution in [3.05, 3.63) is 0 Å². The minimum Gasteiger partial charge on any atom is -0.480 e. The first kappa shape index (κ1) is 16.2. The van der Waals surface area contributed by atoms with Gasteiger partial charge in [-0.15, -0.1) is 11.8 Å². The minimum absolute atomic E-state index is 0.123. The molecule has 6 heteroatoms. The third kappa shape index (κ3) is 6.53. The van der Waals surface area contributed by atoms with Gasteiger partial charge in [-0.2, -0.15) is 0 Å². The summed E-state index contributed by atoms with van der Waals surface area (Å²) in [4.78, 5) is 22.1. The number of hydrogen-bond acceptors (Lipinski definition) is 5. The molecular formula is C11H21NO4S. The number of carboxylic acid groups (broad SMARTS) is 1. The molecule has 1 atom stereocenters. The highest BCUT2D eigenvalue weighted by atomic mass is 32.2. The Balaban J connectivity index is 4.00. The molecule has 0 radical (unpaired) electrons. The second kappa shape index (κ2) is 7.55. The highest BCUT2D eigenvalue weighted by molar-refractivity contribution is 8.01. The van der Waals surface area contributed by atoms with Gasteiger partial charge in [0.15, 0.2) is 0 Å². The van der Waals surface area contributed by atoms with Crippen molar-refractivity contribution in [2.45, 2.75) is 44.4 Å². The van der Waals surface area contributed by atoms with E-state index in [0.29, 0.717) is 6.61 Å². The van der Waals surface area contributed by atoms with Crippen molar-refractivity contribution in [2.24, 2.45) is 5.73 Å². The van der Waals surface area contributed by atoms with E-state index >= 15 is 0 Å². The normalized spacial score (nSPS) is 13.2. The predicted octanol–water partition coefficient (Wildman–Crippen LogP) is 1.25. The van der Waals surface area contributed by atoms with Gasteiger partial charge in [0, 0.05) is 4.75 Å². The number of thioether (sulfide) groups is 1. The van der Waals surface area contributed by atoms with Crippen molar-refractivity contribution in [1.82, 2.24) is 0 Å². The summed E-state index contributed by atoms with van der Waals surface area (Å²) in [6, 6.07) is -1.00. The zero-order chi connectivity index (χ0) is 13.5. The molecule has 0 rings (SSSR count). The molecule has 0 aliphatic carbocycles. The molecule has 100 valence electrons. The molecule has 17 heavy (non-hydrogen) atoms. The van der Waals surface area contributed by atoms with E-state index in [9.17, 15) is 9.59 Å². The fraction of sp³-hybridized carbons (Fsp3) is 0.818. The SMILES string of the molecule is CCCCOC(=O)CSC(C)(C)[C@H](N)C(=O)O. The molecule has 3 N–H and O–H groups in total. The monoisotopic (exact) mass is 263 g/mol. The summed E-state index contributed by atoms with van der Waals surface area (Å²) >= 11 is 1.20. The van der Waals surface area contributed by atoms with Crippen molar-refractivity contribution >= 4 is 23.7 Å². The third-order valence-electron chi connectivity index (χ3n) is 2.34. The Morgan fingerprint density at radius 3 is 2.53 bits per heavy atom. The van der Waals surface area contributed by atoms with E-state index in [0.717, 1.165) is 12.8 Å². The van der Waals surface area contributed by atoms with Crippen molar-refractivity contribution < 1.29 is 19.4 Å².